The number of rotatable bonds is 10. The number of carboxylic acid groups (broad SMARTS) is 2. The van der Waals surface area contributed by atoms with Crippen molar-refractivity contribution in [3.05, 3.63) is 168 Å². The number of hydrogen-bond acceptors (Lipinski definition) is 9. The smallest absolute Gasteiger partial charge is 0.335 e. The molecule has 0 fully saturated rings. The van der Waals surface area contributed by atoms with Gasteiger partial charge in [0.2, 0.25) is 0 Å². The van der Waals surface area contributed by atoms with E-state index in [1.54, 1.807) is 66.7 Å². The number of aromatic carboxylic acids is 2. The average Bonchev–Trinajstić information content (AvgIpc) is 3.16. The molecule has 0 radical (unpaired) electrons. The summed E-state index contributed by atoms with van der Waals surface area (Å²) in [6, 6.07) is 40.3. The average molecular weight is 743 g/mol. The van der Waals surface area contributed by atoms with Crippen LogP contribution in [0.25, 0.3) is 0 Å². The van der Waals surface area contributed by atoms with Gasteiger partial charge in [-0.05, 0) is 140 Å². The number of nitrogen functional groups attached to an aromatic ring is 2. The molecule has 1 amide bonds. The van der Waals surface area contributed by atoms with Crippen molar-refractivity contribution in [2.75, 3.05) is 29.1 Å². The first-order valence-corrected chi connectivity index (χ1v) is 16.3. The van der Waals surface area contributed by atoms with Crippen molar-refractivity contribution in [3.8, 4) is 23.0 Å². The molecule has 0 spiro atoms. The van der Waals surface area contributed by atoms with E-state index < -0.39 is 11.9 Å². The van der Waals surface area contributed by atoms with Crippen LogP contribution in [-0.2, 0) is 0 Å². The van der Waals surface area contributed by atoms with Crippen LogP contribution in [0.5, 0.6) is 23.0 Å². The van der Waals surface area contributed by atoms with Crippen LogP contribution in [0.3, 0.4) is 0 Å². The molecule has 8 N–H and O–H groups in total. The fraction of sp³-hybridized carbons (Fsp3) is 0.0698. The quantitative estimate of drug-likeness (QED) is 0.0576. The molecule has 0 aliphatic rings. The van der Waals surface area contributed by atoms with Gasteiger partial charge in [0, 0.05) is 40.9 Å². The zero-order valence-electron chi connectivity index (χ0n) is 29.4. The number of hydrogen-bond donors (Lipinski definition) is 6. The maximum Gasteiger partial charge on any atom is 0.335 e. The molecule has 0 saturated carbocycles. The van der Waals surface area contributed by atoms with Gasteiger partial charge in [-0.2, -0.15) is 0 Å². The molecule has 0 unspecified atom stereocenters. The molecule has 12 nitrogen and oxygen atoms in total. The van der Waals surface area contributed by atoms with Gasteiger partial charge < -0.3 is 41.8 Å². The minimum atomic E-state index is -1.00. The Balaban J connectivity index is 0.000000251. The van der Waals surface area contributed by atoms with E-state index in [0.29, 0.717) is 45.5 Å². The number of nitrogens with two attached hydrogens (primary N) is 2. The van der Waals surface area contributed by atoms with E-state index in [-0.39, 0.29) is 30.2 Å². The third kappa shape index (κ3) is 13.5. The van der Waals surface area contributed by atoms with Crippen LogP contribution in [-0.4, -0.2) is 40.9 Å². The fourth-order valence-corrected chi connectivity index (χ4v) is 4.55. The third-order valence-electron chi connectivity index (χ3n) is 7.37. The van der Waals surface area contributed by atoms with E-state index in [4.69, 9.17) is 31.2 Å². The zero-order valence-corrected chi connectivity index (χ0v) is 29.4. The van der Waals surface area contributed by atoms with E-state index in [2.05, 4.69) is 10.6 Å². The molecule has 0 heterocycles. The highest BCUT2D eigenvalue weighted by molar-refractivity contribution is 6.04. The van der Waals surface area contributed by atoms with Crippen LogP contribution in [0.4, 0.5) is 22.7 Å². The van der Waals surface area contributed by atoms with E-state index in [1.165, 1.54) is 55.5 Å². The predicted molar refractivity (Wildman–Crippen MR) is 216 cm³/mol. The number of Topliss-reactive ketones (excluding diaryl/α,β-unsaturated/α-hetero) is 1. The van der Waals surface area contributed by atoms with Crippen LogP contribution in [0, 0.1) is 0 Å². The summed E-state index contributed by atoms with van der Waals surface area (Å²) in [5, 5.41) is 23.4. The molecule has 0 aromatic heterocycles. The number of carbonyl (C=O) groups excluding carboxylic acids is 2. The van der Waals surface area contributed by atoms with Crippen molar-refractivity contribution < 1.29 is 38.9 Å². The van der Waals surface area contributed by atoms with Crippen LogP contribution >= 0.6 is 0 Å². The second kappa shape index (κ2) is 20.4. The molecule has 282 valence electrons. The Morgan fingerprint density at radius 2 is 0.873 bits per heavy atom. The molecule has 0 bridgehead atoms. The molecule has 55 heavy (non-hydrogen) atoms. The van der Waals surface area contributed by atoms with Crippen LogP contribution in [0.15, 0.2) is 146 Å². The Morgan fingerprint density at radius 3 is 1.22 bits per heavy atom. The van der Waals surface area contributed by atoms with Gasteiger partial charge in [-0.25, -0.2) is 9.59 Å². The number of ether oxygens (including phenoxy) is 2. The van der Waals surface area contributed by atoms with Gasteiger partial charge in [-0.1, -0.05) is 19.6 Å². The number of benzene rings is 6. The number of nitrogens with one attached hydrogen (secondary N) is 2. The molecular weight excluding hydrogens is 700 g/mol. The maximum absolute atomic E-state index is 12.4. The molecule has 0 aliphatic heterocycles. The highest BCUT2D eigenvalue weighted by Gasteiger charge is 2.08. The minimum absolute atomic E-state index is 0. The summed E-state index contributed by atoms with van der Waals surface area (Å²) in [7, 11) is 1.83. The van der Waals surface area contributed by atoms with Gasteiger partial charge >= 0.3 is 11.9 Å². The highest BCUT2D eigenvalue weighted by Crippen LogP contribution is 2.24. The SMILES string of the molecule is C.CNc1cccc(NC(=O)c2ccc(Oc3ccc(C(C)=O)cc3)cc2)c1.Nc1cccc(N)c1.O=C(O)c1ccc(Oc2ccc(C(=O)O)cc2)cc1. The van der Waals surface area contributed by atoms with Gasteiger partial charge in [0.05, 0.1) is 11.1 Å². The third-order valence-corrected chi connectivity index (χ3v) is 7.37. The topological polar surface area (TPSA) is 203 Å². The molecule has 6 aromatic carbocycles. The summed E-state index contributed by atoms with van der Waals surface area (Å²) in [6.07, 6.45) is 0. The number of anilines is 4. The van der Waals surface area contributed by atoms with Crippen molar-refractivity contribution in [1.82, 2.24) is 0 Å². The van der Waals surface area contributed by atoms with Gasteiger partial charge in [0.1, 0.15) is 23.0 Å². The summed E-state index contributed by atoms with van der Waals surface area (Å²) in [6.45, 7) is 1.52. The summed E-state index contributed by atoms with van der Waals surface area (Å²) in [5.74, 6) is 0.00837. The van der Waals surface area contributed by atoms with E-state index in [0.717, 1.165) is 11.4 Å². The second-order valence-corrected chi connectivity index (χ2v) is 11.4. The number of amides is 1. The lowest BCUT2D eigenvalue weighted by atomic mass is 10.1. The Bertz CT molecular complexity index is 2110. The Kier molecular flexibility index (Phi) is 15.5. The van der Waals surface area contributed by atoms with Crippen LogP contribution in [0.1, 0.15) is 55.8 Å². The predicted octanol–water partition coefficient (Wildman–Crippen LogP) is 9.34. The summed E-state index contributed by atoms with van der Waals surface area (Å²) in [4.78, 5) is 45.0. The largest absolute Gasteiger partial charge is 0.478 e. The van der Waals surface area contributed by atoms with Crippen molar-refractivity contribution in [2.24, 2.45) is 0 Å². The Hall–Kier alpha value is -7.60. The standard InChI is InChI=1S/C22H20N2O3.C14H10O5.C6H8N2.CH4/c1-15(25)16-6-10-20(11-7-16)27-21-12-8-17(9-13-21)22(26)24-19-5-3-4-18(14-19)23-2;15-13(16)9-1-5-11(6-2-9)19-12-7-3-10(4-8-12)14(17)18;7-5-2-1-3-6(8)4-5;/h3-14,23H,1-2H3,(H,24,26);1-8H,(H,15,16)(H,17,18);1-4H,7-8H2;1H4. The molecule has 6 rings (SSSR count). The van der Waals surface area contributed by atoms with Crippen molar-refractivity contribution in [3.63, 3.8) is 0 Å². The normalized spacial score (nSPS) is 9.71. The number of carbonyl (C=O) groups is 4. The fourth-order valence-electron chi connectivity index (χ4n) is 4.55. The van der Waals surface area contributed by atoms with Gasteiger partial charge in [-0.3, -0.25) is 9.59 Å². The van der Waals surface area contributed by atoms with E-state index in [9.17, 15) is 19.2 Å². The first kappa shape index (κ1) is 41.8. The van der Waals surface area contributed by atoms with Crippen molar-refractivity contribution >= 4 is 46.4 Å². The lowest BCUT2D eigenvalue weighted by molar-refractivity contribution is 0.0686. The van der Waals surface area contributed by atoms with Crippen molar-refractivity contribution in [2.45, 2.75) is 14.4 Å². The summed E-state index contributed by atoms with van der Waals surface area (Å²) < 4.78 is 11.2. The van der Waals surface area contributed by atoms with Gasteiger partial charge in [0.15, 0.2) is 5.78 Å². The van der Waals surface area contributed by atoms with Gasteiger partial charge in [0.25, 0.3) is 5.91 Å². The summed E-state index contributed by atoms with van der Waals surface area (Å²) in [5.41, 5.74) is 15.3. The molecular formula is C43H42N4O8. The van der Waals surface area contributed by atoms with Gasteiger partial charge in [-0.15, -0.1) is 0 Å². The van der Waals surface area contributed by atoms with Crippen molar-refractivity contribution in [1.29, 1.82) is 0 Å². The maximum atomic E-state index is 12.4. The molecule has 0 saturated heterocycles. The monoisotopic (exact) mass is 742 g/mol. The van der Waals surface area contributed by atoms with E-state index >= 15 is 0 Å². The molecule has 6 aromatic rings. The lowest BCUT2D eigenvalue weighted by Crippen LogP contribution is -2.11. The molecule has 0 atom stereocenters. The highest BCUT2D eigenvalue weighted by atomic mass is 16.5. The lowest BCUT2D eigenvalue weighted by Gasteiger charge is -2.09. The Labute approximate surface area is 319 Å². The summed E-state index contributed by atoms with van der Waals surface area (Å²) >= 11 is 0. The van der Waals surface area contributed by atoms with Crippen LogP contribution in [0.2, 0.25) is 0 Å². The number of carboxylic acids is 2. The first-order chi connectivity index (χ1) is 25.9. The minimum Gasteiger partial charge on any atom is -0.478 e. The second-order valence-electron chi connectivity index (χ2n) is 11.4. The molecule has 0 aliphatic carbocycles. The van der Waals surface area contributed by atoms with Crippen LogP contribution < -0.4 is 31.6 Å². The number of ketones is 1. The van der Waals surface area contributed by atoms with E-state index in [1.807, 2.05) is 37.4 Å². The zero-order chi connectivity index (χ0) is 39.0. The first-order valence-electron chi connectivity index (χ1n) is 16.3. The Morgan fingerprint density at radius 1 is 0.509 bits per heavy atom. The molecule has 12 heteroatoms.